The Morgan fingerprint density at radius 2 is 1.44 bits per heavy atom. The van der Waals surface area contributed by atoms with E-state index in [9.17, 15) is 4.79 Å². The summed E-state index contributed by atoms with van der Waals surface area (Å²) in [6, 6.07) is 8.32. The molecule has 0 aliphatic carbocycles. The Morgan fingerprint density at radius 3 is 2.04 bits per heavy atom. The minimum atomic E-state index is -0.240. The van der Waals surface area contributed by atoms with Crippen molar-refractivity contribution in [3.05, 3.63) is 52.6 Å². The molecule has 2 rings (SSSR count). The number of halogens is 1. The lowest BCUT2D eigenvalue weighted by Gasteiger charge is -2.12. The third kappa shape index (κ3) is 4.25. The molecule has 0 spiro atoms. The van der Waals surface area contributed by atoms with Gasteiger partial charge in [0.15, 0.2) is 17.3 Å². The summed E-state index contributed by atoms with van der Waals surface area (Å²) < 4.78 is 21.1. The van der Waals surface area contributed by atoms with Gasteiger partial charge in [-0.1, -0.05) is 11.6 Å². The summed E-state index contributed by atoms with van der Waals surface area (Å²) in [4.78, 5) is 12.5. The second-order valence-electron chi connectivity index (χ2n) is 4.99. The topological polar surface area (TPSA) is 54.0 Å². The van der Waals surface area contributed by atoms with Crippen molar-refractivity contribution in [2.45, 2.75) is 0 Å². The fourth-order valence-electron chi connectivity index (χ4n) is 2.31. The molecule has 2 aromatic carbocycles. The molecule has 0 radical (unpaired) electrons. The summed E-state index contributed by atoms with van der Waals surface area (Å²) in [6.07, 6.45) is 3.07. The molecular weight excluding hydrogens is 344 g/mol. The first kappa shape index (κ1) is 18.7. The van der Waals surface area contributed by atoms with E-state index in [1.807, 2.05) is 0 Å². The van der Waals surface area contributed by atoms with Gasteiger partial charge < -0.3 is 18.9 Å². The quantitative estimate of drug-likeness (QED) is 0.544. The zero-order chi connectivity index (χ0) is 18.4. The molecule has 0 heterocycles. The second-order valence-corrected chi connectivity index (χ2v) is 5.43. The minimum absolute atomic E-state index is 0.240. The smallest absolute Gasteiger partial charge is 0.189 e. The minimum Gasteiger partial charge on any atom is -0.496 e. The van der Waals surface area contributed by atoms with Crippen LogP contribution in [0.5, 0.6) is 23.0 Å². The van der Waals surface area contributed by atoms with E-state index in [0.717, 1.165) is 0 Å². The predicted molar refractivity (Wildman–Crippen MR) is 97.5 cm³/mol. The van der Waals surface area contributed by atoms with E-state index in [0.29, 0.717) is 39.1 Å². The van der Waals surface area contributed by atoms with Crippen molar-refractivity contribution >= 4 is 23.5 Å². The van der Waals surface area contributed by atoms with Crippen LogP contribution < -0.4 is 18.9 Å². The normalized spacial score (nSPS) is 10.6. The Hall–Kier alpha value is -2.66. The number of allylic oxidation sites excluding steroid dienone is 1. The van der Waals surface area contributed by atoms with Gasteiger partial charge >= 0.3 is 0 Å². The van der Waals surface area contributed by atoms with Crippen LogP contribution in [0.1, 0.15) is 15.9 Å². The van der Waals surface area contributed by atoms with Crippen LogP contribution in [0.4, 0.5) is 0 Å². The summed E-state index contributed by atoms with van der Waals surface area (Å²) in [5.41, 5.74) is 1.06. The second kappa shape index (κ2) is 8.44. The number of methoxy groups -OCH3 is 4. The van der Waals surface area contributed by atoms with Crippen molar-refractivity contribution in [2.75, 3.05) is 28.4 Å². The maximum atomic E-state index is 12.5. The van der Waals surface area contributed by atoms with Gasteiger partial charge in [-0.3, -0.25) is 4.79 Å². The van der Waals surface area contributed by atoms with Crippen molar-refractivity contribution in [1.82, 2.24) is 0 Å². The third-order valence-electron chi connectivity index (χ3n) is 3.58. The molecule has 0 unspecified atom stereocenters. The molecular formula is C19H19ClO5. The predicted octanol–water partition coefficient (Wildman–Crippen LogP) is 4.27. The van der Waals surface area contributed by atoms with Crippen molar-refractivity contribution in [3.63, 3.8) is 0 Å². The summed E-state index contributed by atoms with van der Waals surface area (Å²) >= 11 is 5.97. The largest absolute Gasteiger partial charge is 0.496 e. The average Bonchev–Trinajstić information content (AvgIpc) is 2.65. The molecule has 0 amide bonds. The molecule has 0 saturated heterocycles. The lowest BCUT2D eigenvalue weighted by Crippen LogP contribution is -1.99. The maximum Gasteiger partial charge on any atom is 0.189 e. The molecule has 0 N–H and O–H groups in total. The van der Waals surface area contributed by atoms with E-state index < -0.39 is 0 Å². The molecule has 5 nitrogen and oxygen atoms in total. The highest BCUT2D eigenvalue weighted by Crippen LogP contribution is 2.35. The molecule has 25 heavy (non-hydrogen) atoms. The van der Waals surface area contributed by atoms with Gasteiger partial charge in [0.2, 0.25) is 0 Å². The van der Waals surface area contributed by atoms with Crippen LogP contribution >= 0.6 is 11.6 Å². The summed E-state index contributed by atoms with van der Waals surface area (Å²) in [5, 5.41) is 0.459. The first-order chi connectivity index (χ1) is 12.0. The highest BCUT2D eigenvalue weighted by molar-refractivity contribution is 6.31. The van der Waals surface area contributed by atoms with Crippen LogP contribution in [0.2, 0.25) is 5.02 Å². The number of carbonyl (C=O) groups is 1. The molecule has 132 valence electrons. The van der Waals surface area contributed by atoms with Crippen LogP contribution in [-0.2, 0) is 0 Å². The SMILES string of the molecule is COc1cc(OC)c(OC)cc1/C=C/C(=O)c1cc(Cl)ccc1OC. The molecule has 0 atom stereocenters. The molecule has 0 aliphatic heterocycles. The van der Waals surface area contributed by atoms with Crippen LogP contribution in [0.15, 0.2) is 36.4 Å². The van der Waals surface area contributed by atoms with Gasteiger partial charge in [-0.2, -0.15) is 0 Å². The third-order valence-corrected chi connectivity index (χ3v) is 3.81. The van der Waals surface area contributed by atoms with Gasteiger partial charge in [0.05, 0.1) is 34.0 Å². The Labute approximate surface area is 151 Å². The molecule has 0 fully saturated rings. The van der Waals surface area contributed by atoms with Crippen molar-refractivity contribution in [2.24, 2.45) is 0 Å². The van der Waals surface area contributed by atoms with Gasteiger partial charge in [0.1, 0.15) is 11.5 Å². The van der Waals surface area contributed by atoms with Crippen molar-refractivity contribution in [1.29, 1.82) is 0 Å². The van der Waals surface area contributed by atoms with Crippen molar-refractivity contribution in [3.8, 4) is 23.0 Å². The molecule has 6 heteroatoms. The number of rotatable bonds is 7. The van der Waals surface area contributed by atoms with E-state index in [2.05, 4.69) is 0 Å². The maximum absolute atomic E-state index is 12.5. The zero-order valence-corrected chi connectivity index (χ0v) is 15.2. The summed E-state index contributed by atoms with van der Waals surface area (Å²) in [5.74, 6) is 1.85. The Kier molecular flexibility index (Phi) is 6.31. The molecule has 0 saturated carbocycles. The summed E-state index contributed by atoms with van der Waals surface area (Å²) in [7, 11) is 6.13. The number of hydrogen-bond donors (Lipinski definition) is 0. The van der Waals surface area contributed by atoms with Crippen molar-refractivity contribution < 1.29 is 23.7 Å². The van der Waals surface area contributed by atoms with Gasteiger partial charge in [-0.05, 0) is 36.4 Å². The molecule has 0 aliphatic rings. The first-order valence-electron chi connectivity index (χ1n) is 7.40. The lowest BCUT2D eigenvalue weighted by molar-refractivity contribution is 0.104. The van der Waals surface area contributed by atoms with Gasteiger partial charge in [0, 0.05) is 16.7 Å². The lowest BCUT2D eigenvalue weighted by atomic mass is 10.1. The number of hydrogen-bond acceptors (Lipinski definition) is 5. The van der Waals surface area contributed by atoms with Crippen LogP contribution in [0.25, 0.3) is 6.08 Å². The number of ether oxygens (including phenoxy) is 4. The summed E-state index contributed by atoms with van der Waals surface area (Å²) in [6.45, 7) is 0. The van der Waals surface area contributed by atoms with Crippen LogP contribution in [-0.4, -0.2) is 34.2 Å². The van der Waals surface area contributed by atoms with Crippen LogP contribution in [0, 0.1) is 0 Å². The Bertz CT molecular complexity index is 799. The van der Waals surface area contributed by atoms with Gasteiger partial charge in [-0.15, -0.1) is 0 Å². The standard InChI is InChI=1S/C19H19ClO5/c1-22-16-8-6-13(20)10-14(16)15(21)7-5-12-9-18(24-3)19(25-4)11-17(12)23-2/h5-11H,1-4H3/b7-5+. The Balaban J connectivity index is 2.38. The van der Waals surface area contributed by atoms with E-state index >= 15 is 0 Å². The highest BCUT2D eigenvalue weighted by atomic mass is 35.5. The highest BCUT2D eigenvalue weighted by Gasteiger charge is 2.13. The Morgan fingerprint density at radius 1 is 0.840 bits per heavy atom. The van der Waals surface area contributed by atoms with Gasteiger partial charge in [-0.25, -0.2) is 0 Å². The number of carbonyl (C=O) groups excluding carboxylic acids is 1. The fraction of sp³-hybridized carbons (Fsp3) is 0.211. The fourth-order valence-corrected chi connectivity index (χ4v) is 2.48. The number of ketones is 1. The van der Waals surface area contributed by atoms with Gasteiger partial charge in [0.25, 0.3) is 0 Å². The van der Waals surface area contributed by atoms with E-state index in [1.165, 1.54) is 13.2 Å². The monoisotopic (exact) mass is 362 g/mol. The zero-order valence-electron chi connectivity index (χ0n) is 14.5. The molecule has 0 bridgehead atoms. The van der Waals surface area contributed by atoms with Crippen LogP contribution in [0.3, 0.4) is 0 Å². The first-order valence-corrected chi connectivity index (χ1v) is 7.77. The van der Waals surface area contributed by atoms with E-state index in [-0.39, 0.29) is 5.78 Å². The van der Waals surface area contributed by atoms with E-state index in [1.54, 1.807) is 57.7 Å². The molecule has 0 aromatic heterocycles. The van der Waals surface area contributed by atoms with E-state index in [4.69, 9.17) is 30.5 Å². The average molecular weight is 363 g/mol. The molecule has 2 aromatic rings. The number of benzene rings is 2.